The standard InChI is InChI=1S/C28H29NO10/c1-14(30)22(34)25-27(37,16(3)32)28(38,17(4)33)26(36,15(2)31)24(39-25)19-10-11-20(13-29)21(12-19)23(35)18-8-6-5-7-9-18/h5-12,22-25,34-38H,1-4H3/t22?,23?,24-,25+,26-,27+,28+/m0/s1. The Kier molecular flexibility index (Phi) is 8.06. The summed E-state index contributed by atoms with van der Waals surface area (Å²) in [6.07, 6.45) is -8.05. The zero-order valence-corrected chi connectivity index (χ0v) is 21.7. The average Bonchev–Trinajstić information content (AvgIpc) is 2.90. The third-order valence-electron chi connectivity index (χ3n) is 7.37. The molecule has 0 amide bonds. The number of Topliss-reactive ketones (excluding diaryl/α,β-unsaturated/α-hetero) is 4. The molecule has 39 heavy (non-hydrogen) atoms. The van der Waals surface area contributed by atoms with Crippen LogP contribution < -0.4 is 0 Å². The number of hydrogen-bond donors (Lipinski definition) is 5. The van der Waals surface area contributed by atoms with Crippen LogP contribution in [0.25, 0.3) is 0 Å². The Labute approximate surface area is 223 Å². The van der Waals surface area contributed by atoms with Gasteiger partial charge in [-0.1, -0.05) is 36.4 Å². The van der Waals surface area contributed by atoms with Crippen LogP contribution in [0.5, 0.6) is 0 Å². The van der Waals surface area contributed by atoms with Gasteiger partial charge in [0.25, 0.3) is 0 Å². The van der Waals surface area contributed by atoms with E-state index in [1.165, 1.54) is 18.2 Å². The second kappa shape index (κ2) is 10.5. The second-order valence-electron chi connectivity index (χ2n) is 9.68. The molecule has 206 valence electrons. The molecule has 2 aromatic rings. The van der Waals surface area contributed by atoms with Crippen molar-refractivity contribution in [3.8, 4) is 6.07 Å². The number of benzene rings is 2. The van der Waals surface area contributed by atoms with Crippen LogP contribution >= 0.6 is 0 Å². The maximum absolute atomic E-state index is 13.0. The summed E-state index contributed by atoms with van der Waals surface area (Å²) in [5.41, 5.74) is -10.2. The molecule has 2 unspecified atom stereocenters. The van der Waals surface area contributed by atoms with Crippen molar-refractivity contribution in [1.82, 2.24) is 0 Å². The van der Waals surface area contributed by atoms with Gasteiger partial charge in [-0.25, -0.2) is 0 Å². The first-order valence-electron chi connectivity index (χ1n) is 11.9. The number of carbonyl (C=O) groups excluding carboxylic acids is 4. The van der Waals surface area contributed by atoms with Gasteiger partial charge in [0.1, 0.15) is 24.4 Å². The van der Waals surface area contributed by atoms with E-state index in [1.807, 2.05) is 6.07 Å². The molecule has 0 aromatic heterocycles. The van der Waals surface area contributed by atoms with E-state index in [0.717, 1.165) is 20.8 Å². The molecule has 1 aliphatic rings. The van der Waals surface area contributed by atoms with Gasteiger partial charge < -0.3 is 30.3 Å². The topological polar surface area (TPSA) is 202 Å². The molecule has 1 aliphatic heterocycles. The summed E-state index contributed by atoms with van der Waals surface area (Å²) >= 11 is 0. The third-order valence-corrected chi connectivity index (χ3v) is 7.37. The number of carbonyl (C=O) groups is 4. The van der Waals surface area contributed by atoms with Crippen molar-refractivity contribution >= 4 is 23.1 Å². The first-order chi connectivity index (χ1) is 18.1. The Morgan fingerprint density at radius 2 is 1.44 bits per heavy atom. The van der Waals surface area contributed by atoms with Crippen molar-refractivity contribution in [2.24, 2.45) is 0 Å². The lowest BCUT2D eigenvalue weighted by Gasteiger charge is -2.58. The van der Waals surface area contributed by atoms with E-state index in [9.17, 15) is 50.0 Å². The van der Waals surface area contributed by atoms with Crippen molar-refractivity contribution in [2.75, 3.05) is 0 Å². The van der Waals surface area contributed by atoms with E-state index in [2.05, 4.69) is 0 Å². The molecule has 2 aromatic carbocycles. The highest BCUT2D eigenvalue weighted by atomic mass is 16.6. The molecule has 0 aliphatic carbocycles. The number of nitriles is 1. The zero-order valence-electron chi connectivity index (χ0n) is 21.7. The van der Waals surface area contributed by atoms with Crippen molar-refractivity contribution in [2.45, 2.75) is 68.9 Å². The Balaban J connectivity index is 2.38. The third kappa shape index (κ3) is 4.31. The van der Waals surface area contributed by atoms with Gasteiger partial charge in [0.2, 0.25) is 0 Å². The summed E-state index contributed by atoms with van der Waals surface area (Å²) in [6.45, 7) is 3.13. The van der Waals surface area contributed by atoms with Crippen LogP contribution in [0.3, 0.4) is 0 Å². The molecule has 1 saturated heterocycles. The van der Waals surface area contributed by atoms with Gasteiger partial charge in [-0.2, -0.15) is 5.26 Å². The lowest BCUT2D eigenvalue weighted by atomic mass is 9.57. The Morgan fingerprint density at radius 3 is 1.90 bits per heavy atom. The van der Waals surface area contributed by atoms with Crippen molar-refractivity contribution in [3.63, 3.8) is 0 Å². The first-order valence-corrected chi connectivity index (χ1v) is 11.9. The summed E-state index contributed by atoms with van der Waals surface area (Å²) in [4.78, 5) is 50.9. The Morgan fingerprint density at radius 1 is 0.872 bits per heavy atom. The number of aliphatic hydroxyl groups is 5. The Hall–Kier alpha value is -3.63. The minimum Gasteiger partial charge on any atom is -0.384 e. The molecule has 1 heterocycles. The number of nitrogens with zero attached hydrogens (tertiary/aromatic N) is 1. The molecule has 0 radical (unpaired) electrons. The van der Waals surface area contributed by atoms with Crippen molar-refractivity contribution < 1.29 is 49.4 Å². The minimum absolute atomic E-state index is 0.000307. The van der Waals surface area contributed by atoms with Gasteiger partial charge in [-0.15, -0.1) is 0 Å². The van der Waals surface area contributed by atoms with E-state index < -0.39 is 64.4 Å². The Bertz CT molecular complexity index is 1370. The highest BCUT2D eigenvalue weighted by Crippen LogP contribution is 2.53. The molecular formula is C28H29NO10. The van der Waals surface area contributed by atoms with Crippen LogP contribution in [-0.2, 0) is 23.9 Å². The predicted molar refractivity (Wildman–Crippen MR) is 133 cm³/mol. The molecule has 11 nitrogen and oxygen atoms in total. The van der Waals surface area contributed by atoms with E-state index in [-0.39, 0.29) is 16.7 Å². The fraction of sp³-hybridized carbons (Fsp3) is 0.393. The maximum Gasteiger partial charge on any atom is 0.200 e. The fourth-order valence-electron chi connectivity index (χ4n) is 5.18. The maximum atomic E-state index is 13.0. The molecule has 11 heteroatoms. The lowest BCUT2D eigenvalue weighted by molar-refractivity contribution is -0.329. The molecule has 0 saturated carbocycles. The number of rotatable bonds is 8. The predicted octanol–water partition coefficient (Wildman–Crippen LogP) is -0.00992. The molecule has 7 atom stereocenters. The monoisotopic (exact) mass is 539 g/mol. The summed E-state index contributed by atoms with van der Waals surface area (Å²) < 4.78 is 5.72. The van der Waals surface area contributed by atoms with Crippen LogP contribution in [0, 0.1) is 11.3 Å². The number of ether oxygens (including phenoxy) is 1. The van der Waals surface area contributed by atoms with Gasteiger partial charge in [-0.3, -0.25) is 19.2 Å². The summed E-state index contributed by atoms with van der Waals surface area (Å²) in [5.74, 6) is -5.11. The van der Waals surface area contributed by atoms with Crippen LogP contribution in [0.1, 0.15) is 62.2 Å². The fourth-order valence-corrected chi connectivity index (χ4v) is 5.18. The lowest BCUT2D eigenvalue weighted by Crippen LogP contribution is -2.85. The SMILES string of the molecule is CC(=O)C(O)[C@H]1O[C@@H](c2ccc(C#N)c(C(O)c3ccccc3)c2)[C@@](O)(C(C)=O)[C@](O)(C(C)=O)[C@@]1(O)C(C)=O. The van der Waals surface area contributed by atoms with Gasteiger partial charge in [0.05, 0.1) is 11.6 Å². The number of ketones is 4. The quantitative estimate of drug-likeness (QED) is 0.302. The molecule has 0 spiro atoms. The summed E-state index contributed by atoms with van der Waals surface area (Å²) in [7, 11) is 0. The largest absolute Gasteiger partial charge is 0.384 e. The van der Waals surface area contributed by atoms with Crippen LogP contribution in [0.15, 0.2) is 48.5 Å². The van der Waals surface area contributed by atoms with E-state index >= 15 is 0 Å². The van der Waals surface area contributed by atoms with Crippen LogP contribution in [0.2, 0.25) is 0 Å². The second-order valence-corrected chi connectivity index (χ2v) is 9.68. The van der Waals surface area contributed by atoms with E-state index in [4.69, 9.17) is 4.74 Å². The van der Waals surface area contributed by atoms with Crippen LogP contribution in [-0.4, -0.2) is 77.7 Å². The van der Waals surface area contributed by atoms with Crippen molar-refractivity contribution in [3.05, 3.63) is 70.8 Å². The smallest absolute Gasteiger partial charge is 0.200 e. The zero-order chi connectivity index (χ0) is 29.5. The van der Waals surface area contributed by atoms with Gasteiger partial charge in [0.15, 0.2) is 39.9 Å². The first kappa shape index (κ1) is 29.9. The summed E-state index contributed by atoms with van der Waals surface area (Å²) in [6, 6.07) is 13.7. The molecular weight excluding hydrogens is 510 g/mol. The highest BCUT2D eigenvalue weighted by Gasteiger charge is 2.79. The van der Waals surface area contributed by atoms with Crippen molar-refractivity contribution in [1.29, 1.82) is 5.26 Å². The summed E-state index contributed by atoms with van der Waals surface area (Å²) in [5, 5.41) is 66.3. The molecule has 5 N–H and O–H groups in total. The van der Waals surface area contributed by atoms with Crippen LogP contribution in [0.4, 0.5) is 0 Å². The highest BCUT2D eigenvalue weighted by molar-refractivity contribution is 6.06. The normalized spacial score (nSPS) is 30.1. The van der Waals surface area contributed by atoms with Gasteiger partial charge in [0, 0.05) is 5.56 Å². The van der Waals surface area contributed by atoms with Gasteiger partial charge in [-0.05, 0) is 51.0 Å². The molecule has 3 rings (SSSR count). The average molecular weight is 540 g/mol. The minimum atomic E-state index is -3.60. The van der Waals surface area contributed by atoms with E-state index in [1.54, 1.807) is 30.3 Å². The molecule has 0 bridgehead atoms. The number of aliphatic hydroxyl groups excluding tert-OH is 2. The number of hydrogen-bond acceptors (Lipinski definition) is 11. The van der Waals surface area contributed by atoms with E-state index in [0.29, 0.717) is 12.5 Å². The molecule has 1 fully saturated rings. The van der Waals surface area contributed by atoms with Gasteiger partial charge >= 0.3 is 0 Å².